The van der Waals surface area contributed by atoms with Gasteiger partial charge in [-0.15, -0.1) is 0 Å². The molecule has 0 atom stereocenters. The second-order valence-electron chi connectivity index (χ2n) is 2.37. The van der Waals surface area contributed by atoms with Crippen LogP contribution in [0.15, 0.2) is 16.3 Å². The number of rotatable bonds is 2. The van der Waals surface area contributed by atoms with Gasteiger partial charge < -0.3 is 5.73 Å². The van der Waals surface area contributed by atoms with E-state index in [0.29, 0.717) is 0 Å². The first-order valence-corrected chi connectivity index (χ1v) is 3.54. The molecule has 10 heavy (non-hydrogen) atoms. The maximum atomic E-state index is 5.57. The number of hydrogen-bond donors (Lipinski definition) is 1. The molecule has 0 heterocycles. The van der Waals surface area contributed by atoms with Gasteiger partial charge in [-0.05, 0) is 33.3 Å². The molecular weight excluding hydrogens is 124 g/mol. The van der Waals surface area contributed by atoms with E-state index in [1.807, 2.05) is 27.7 Å². The Morgan fingerprint density at radius 3 is 2.10 bits per heavy atom. The molecule has 0 spiro atoms. The Labute approximate surface area is 62.8 Å². The van der Waals surface area contributed by atoms with Gasteiger partial charge in [0.2, 0.25) is 0 Å². The summed E-state index contributed by atoms with van der Waals surface area (Å²) in [6.45, 7) is 8.71. The highest BCUT2D eigenvalue weighted by atomic mass is 14.7. The Hall–Kier alpha value is -0.790. The van der Waals surface area contributed by atoms with E-state index in [1.54, 1.807) is 0 Å². The lowest BCUT2D eigenvalue weighted by molar-refractivity contribution is 1.12. The van der Waals surface area contributed by atoms with E-state index in [-0.39, 0.29) is 0 Å². The fourth-order valence-electron chi connectivity index (χ4n) is 0.641. The number of nitrogens with zero attached hydrogens (tertiary/aromatic N) is 1. The summed E-state index contributed by atoms with van der Waals surface area (Å²) in [5.41, 5.74) is 8.57. The third kappa shape index (κ3) is 2.67. The minimum Gasteiger partial charge on any atom is -0.402 e. The first-order valence-electron chi connectivity index (χ1n) is 3.54. The molecular formula is C8H16N2. The molecule has 0 fully saturated rings. The first-order chi connectivity index (χ1) is 4.59. The molecule has 58 valence electrons. The lowest BCUT2D eigenvalue weighted by Gasteiger charge is -2.01. The second kappa shape index (κ2) is 4.09. The van der Waals surface area contributed by atoms with Crippen molar-refractivity contribution in [1.82, 2.24) is 0 Å². The van der Waals surface area contributed by atoms with Crippen LogP contribution in [0.1, 0.15) is 27.7 Å². The predicted molar refractivity (Wildman–Crippen MR) is 46.2 cm³/mol. The van der Waals surface area contributed by atoms with Crippen LogP contribution in [0.3, 0.4) is 0 Å². The topological polar surface area (TPSA) is 38.4 Å². The van der Waals surface area contributed by atoms with Crippen LogP contribution >= 0.6 is 0 Å². The summed E-state index contributed by atoms with van der Waals surface area (Å²) in [7, 11) is 0. The predicted octanol–water partition coefficient (Wildman–Crippen LogP) is 1.72. The fourth-order valence-corrected chi connectivity index (χ4v) is 0.641. The zero-order valence-electron chi connectivity index (χ0n) is 7.23. The van der Waals surface area contributed by atoms with Crippen molar-refractivity contribution in [1.29, 1.82) is 0 Å². The van der Waals surface area contributed by atoms with Crippen LogP contribution in [0.5, 0.6) is 0 Å². The Kier molecular flexibility index (Phi) is 3.77. The molecule has 0 aromatic rings. The van der Waals surface area contributed by atoms with E-state index < -0.39 is 0 Å². The van der Waals surface area contributed by atoms with Gasteiger partial charge in [0, 0.05) is 18.0 Å². The van der Waals surface area contributed by atoms with Crippen LogP contribution in [0.25, 0.3) is 0 Å². The van der Waals surface area contributed by atoms with Gasteiger partial charge in [-0.2, -0.15) is 0 Å². The van der Waals surface area contributed by atoms with E-state index in [0.717, 1.165) is 23.5 Å². The van der Waals surface area contributed by atoms with Crippen molar-refractivity contribution < 1.29 is 0 Å². The van der Waals surface area contributed by atoms with Crippen LogP contribution in [0.4, 0.5) is 0 Å². The minimum absolute atomic E-state index is 0.830. The smallest absolute Gasteiger partial charge is 0.0364 e. The molecule has 0 radical (unpaired) electrons. The summed E-state index contributed by atoms with van der Waals surface area (Å²) in [6.07, 6.45) is 0. The van der Waals surface area contributed by atoms with Crippen LogP contribution in [0.2, 0.25) is 0 Å². The van der Waals surface area contributed by atoms with Crippen molar-refractivity contribution in [2.75, 3.05) is 6.54 Å². The molecule has 0 aliphatic heterocycles. The lowest BCUT2D eigenvalue weighted by Crippen LogP contribution is -2.03. The molecule has 0 amide bonds. The molecule has 0 aromatic carbocycles. The highest BCUT2D eigenvalue weighted by molar-refractivity contribution is 5.98. The van der Waals surface area contributed by atoms with E-state index >= 15 is 0 Å². The van der Waals surface area contributed by atoms with E-state index in [2.05, 4.69) is 4.99 Å². The molecule has 2 nitrogen and oxygen atoms in total. The summed E-state index contributed by atoms with van der Waals surface area (Å²) in [5.74, 6) is 0. The summed E-state index contributed by atoms with van der Waals surface area (Å²) < 4.78 is 0. The van der Waals surface area contributed by atoms with Crippen molar-refractivity contribution in [3.05, 3.63) is 11.3 Å². The van der Waals surface area contributed by atoms with Crippen LogP contribution in [0, 0.1) is 0 Å². The third-order valence-electron chi connectivity index (χ3n) is 1.53. The third-order valence-corrected chi connectivity index (χ3v) is 1.53. The van der Waals surface area contributed by atoms with Crippen molar-refractivity contribution in [2.45, 2.75) is 27.7 Å². The van der Waals surface area contributed by atoms with Gasteiger partial charge in [0.05, 0.1) is 0 Å². The molecule has 2 heteroatoms. The van der Waals surface area contributed by atoms with Crippen molar-refractivity contribution in [3.8, 4) is 0 Å². The summed E-state index contributed by atoms with van der Waals surface area (Å²) in [4.78, 5) is 4.22. The van der Waals surface area contributed by atoms with Gasteiger partial charge >= 0.3 is 0 Å². The van der Waals surface area contributed by atoms with Crippen molar-refractivity contribution in [2.24, 2.45) is 10.7 Å². The maximum absolute atomic E-state index is 5.57. The van der Waals surface area contributed by atoms with Gasteiger partial charge in [-0.25, -0.2) is 0 Å². The summed E-state index contributed by atoms with van der Waals surface area (Å²) in [6, 6.07) is 0. The van der Waals surface area contributed by atoms with Gasteiger partial charge in [-0.1, -0.05) is 0 Å². The molecule has 0 aromatic heterocycles. The van der Waals surface area contributed by atoms with Gasteiger partial charge in [0.15, 0.2) is 0 Å². The number of hydrogen-bond acceptors (Lipinski definition) is 2. The lowest BCUT2D eigenvalue weighted by atomic mass is 10.1. The zero-order valence-corrected chi connectivity index (χ0v) is 7.23. The van der Waals surface area contributed by atoms with Crippen molar-refractivity contribution in [3.63, 3.8) is 0 Å². The molecule has 0 aliphatic rings. The monoisotopic (exact) mass is 140 g/mol. The number of aliphatic imine (C=N–C) groups is 1. The van der Waals surface area contributed by atoms with E-state index in [1.165, 1.54) is 0 Å². The molecule has 0 saturated carbocycles. The number of allylic oxidation sites excluding steroid dienone is 2. The zero-order chi connectivity index (χ0) is 8.15. The van der Waals surface area contributed by atoms with Gasteiger partial charge in [-0.3, -0.25) is 4.99 Å². The Morgan fingerprint density at radius 1 is 1.30 bits per heavy atom. The standard InChI is InChI=1S/C8H16N2/c1-5-10-8(4)6(2)7(3)9/h5,9H2,1-4H3/b7-6-,10-8?. The SMILES string of the molecule is CCN=C(C)/C(C)=C(/C)N. The van der Waals surface area contributed by atoms with E-state index in [9.17, 15) is 0 Å². The second-order valence-corrected chi connectivity index (χ2v) is 2.37. The Balaban J connectivity index is 4.36. The average molecular weight is 140 g/mol. The van der Waals surface area contributed by atoms with E-state index in [4.69, 9.17) is 5.73 Å². The van der Waals surface area contributed by atoms with Crippen molar-refractivity contribution >= 4 is 5.71 Å². The minimum atomic E-state index is 0.830. The van der Waals surface area contributed by atoms with Gasteiger partial charge in [0.1, 0.15) is 0 Å². The maximum Gasteiger partial charge on any atom is 0.0364 e. The number of nitrogens with two attached hydrogens (primary N) is 1. The largest absolute Gasteiger partial charge is 0.402 e. The van der Waals surface area contributed by atoms with Crippen LogP contribution in [-0.4, -0.2) is 12.3 Å². The molecule has 0 bridgehead atoms. The molecule has 0 aliphatic carbocycles. The Bertz CT molecular complexity index is 162. The Morgan fingerprint density at radius 2 is 1.80 bits per heavy atom. The summed E-state index contributed by atoms with van der Waals surface area (Å²) >= 11 is 0. The van der Waals surface area contributed by atoms with Crippen LogP contribution in [-0.2, 0) is 0 Å². The first kappa shape index (κ1) is 9.21. The molecule has 0 rings (SSSR count). The van der Waals surface area contributed by atoms with Crippen LogP contribution < -0.4 is 5.73 Å². The fraction of sp³-hybridized carbons (Fsp3) is 0.625. The van der Waals surface area contributed by atoms with Gasteiger partial charge in [0.25, 0.3) is 0 Å². The highest BCUT2D eigenvalue weighted by Gasteiger charge is 1.94. The molecule has 0 unspecified atom stereocenters. The average Bonchev–Trinajstić information content (AvgIpc) is 1.87. The quantitative estimate of drug-likeness (QED) is 0.583. The molecule has 2 N–H and O–H groups in total. The highest BCUT2D eigenvalue weighted by Crippen LogP contribution is 1.99. The normalized spacial score (nSPS) is 15.0. The molecule has 0 saturated heterocycles. The summed E-state index contributed by atoms with van der Waals surface area (Å²) in [5, 5.41) is 0.